The summed E-state index contributed by atoms with van der Waals surface area (Å²) >= 11 is 4.31. The second-order valence-corrected chi connectivity index (χ2v) is 5.89. The largest absolute Gasteiger partial charge is 0.268 e. The molecule has 0 fully saturated rings. The normalized spacial score (nSPS) is 12.3. The van der Waals surface area contributed by atoms with E-state index in [9.17, 15) is 0 Å². The second kappa shape index (κ2) is 3.76. The summed E-state index contributed by atoms with van der Waals surface area (Å²) in [5.74, 6) is 0. The van der Waals surface area contributed by atoms with Crippen LogP contribution < -0.4 is 0 Å². The van der Waals surface area contributed by atoms with Crippen molar-refractivity contribution in [2.24, 2.45) is 7.05 Å². The van der Waals surface area contributed by atoms with Gasteiger partial charge in [-0.3, -0.25) is 4.68 Å². The van der Waals surface area contributed by atoms with Gasteiger partial charge in [0.15, 0.2) is 0 Å². The maximum absolute atomic E-state index is 4.31. The van der Waals surface area contributed by atoms with Crippen molar-refractivity contribution in [1.82, 2.24) is 9.78 Å². The molecule has 4 heteroatoms. The minimum atomic E-state index is 0.0349. The van der Waals surface area contributed by atoms with Crippen LogP contribution in [0, 0.1) is 0 Å². The van der Waals surface area contributed by atoms with Crippen LogP contribution in [0.4, 0.5) is 0 Å². The van der Waals surface area contributed by atoms with Gasteiger partial charge in [0, 0.05) is 17.2 Å². The molecule has 0 saturated carbocycles. The summed E-state index contributed by atoms with van der Waals surface area (Å²) in [5, 5.41) is 5.42. The van der Waals surface area contributed by atoms with Crippen LogP contribution in [-0.2, 0) is 11.8 Å². The molecule has 0 aliphatic heterocycles. The van der Waals surface area contributed by atoms with Gasteiger partial charge in [0.25, 0.3) is 0 Å². The number of nitrogens with zero attached hydrogens (tertiary/aromatic N) is 2. The summed E-state index contributed by atoms with van der Waals surface area (Å²) < 4.78 is 1.92. The van der Waals surface area contributed by atoms with Gasteiger partial charge in [0.05, 0.1) is 11.7 Å². The molecule has 2 nitrogen and oxygen atoms in total. The van der Waals surface area contributed by atoms with Gasteiger partial charge in [-0.05, 0) is 31.5 Å². The molecule has 0 aliphatic rings. The Hall–Kier alpha value is -0.610. The lowest BCUT2D eigenvalue weighted by Crippen LogP contribution is -2.09. The quantitative estimate of drug-likeness (QED) is 0.638. The van der Waals surface area contributed by atoms with Crippen LogP contribution >= 0.6 is 22.5 Å². The highest BCUT2D eigenvalue weighted by molar-refractivity contribution is 8.68. The van der Waals surface area contributed by atoms with E-state index >= 15 is 0 Å². The van der Waals surface area contributed by atoms with E-state index in [2.05, 4.69) is 48.8 Å². The highest BCUT2D eigenvalue weighted by Gasteiger charge is 2.20. The molecule has 0 atom stereocenters. The Kier molecular flexibility index (Phi) is 2.73. The van der Waals surface area contributed by atoms with Crippen LogP contribution in [0.25, 0.3) is 10.9 Å². The molecule has 80 valence electrons. The van der Waals surface area contributed by atoms with E-state index < -0.39 is 0 Å². The third kappa shape index (κ3) is 1.88. The first-order chi connectivity index (χ1) is 7.04. The number of aryl methyl sites for hydroxylation is 1. The standard InChI is InChI=1S/C11H14N2S2/c1-11(2,15-14)9-4-5-10-8(6-9)7-12-13(10)3/h4-7,14H,1-3H3. The van der Waals surface area contributed by atoms with Gasteiger partial charge < -0.3 is 0 Å². The molecule has 0 amide bonds. The van der Waals surface area contributed by atoms with Crippen LogP contribution in [0.15, 0.2) is 24.4 Å². The summed E-state index contributed by atoms with van der Waals surface area (Å²) in [7, 11) is 3.52. The fourth-order valence-corrected chi connectivity index (χ4v) is 2.14. The third-order valence-corrected chi connectivity index (χ3v) is 4.73. The Morgan fingerprint density at radius 2 is 2.13 bits per heavy atom. The average Bonchev–Trinajstić information content (AvgIpc) is 2.60. The van der Waals surface area contributed by atoms with E-state index in [0.29, 0.717) is 0 Å². The molecule has 1 aromatic heterocycles. The molecule has 2 aromatic rings. The van der Waals surface area contributed by atoms with Crippen molar-refractivity contribution < 1.29 is 0 Å². The summed E-state index contributed by atoms with van der Waals surface area (Å²) in [5.41, 5.74) is 2.45. The topological polar surface area (TPSA) is 17.8 Å². The molecule has 0 bridgehead atoms. The van der Waals surface area contributed by atoms with Crippen LogP contribution in [-0.4, -0.2) is 9.78 Å². The van der Waals surface area contributed by atoms with Crippen LogP contribution in [0.5, 0.6) is 0 Å². The van der Waals surface area contributed by atoms with Crippen molar-refractivity contribution in [3.05, 3.63) is 30.0 Å². The van der Waals surface area contributed by atoms with Crippen molar-refractivity contribution >= 4 is 33.4 Å². The predicted octanol–water partition coefficient (Wildman–Crippen LogP) is 3.39. The number of thiol groups is 1. The van der Waals surface area contributed by atoms with E-state index in [4.69, 9.17) is 0 Å². The van der Waals surface area contributed by atoms with Crippen LogP contribution in [0.2, 0.25) is 0 Å². The minimum Gasteiger partial charge on any atom is -0.268 e. The Morgan fingerprint density at radius 3 is 2.80 bits per heavy atom. The van der Waals surface area contributed by atoms with Gasteiger partial charge in [-0.25, -0.2) is 0 Å². The number of rotatable bonds is 2. The van der Waals surface area contributed by atoms with E-state index in [1.54, 1.807) is 10.8 Å². The maximum atomic E-state index is 4.31. The van der Waals surface area contributed by atoms with E-state index in [1.165, 1.54) is 16.5 Å². The molecular weight excluding hydrogens is 224 g/mol. The van der Waals surface area contributed by atoms with Crippen molar-refractivity contribution in [3.63, 3.8) is 0 Å². The van der Waals surface area contributed by atoms with Gasteiger partial charge >= 0.3 is 0 Å². The van der Waals surface area contributed by atoms with E-state index in [1.807, 2.05) is 17.9 Å². The summed E-state index contributed by atoms with van der Waals surface area (Å²) in [4.78, 5) is 0. The van der Waals surface area contributed by atoms with Gasteiger partial charge in [-0.2, -0.15) is 5.10 Å². The lowest BCUT2D eigenvalue weighted by Gasteiger charge is -2.21. The predicted molar refractivity (Wildman–Crippen MR) is 70.3 cm³/mol. The highest BCUT2D eigenvalue weighted by Crippen LogP contribution is 2.38. The monoisotopic (exact) mass is 238 g/mol. The molecule has 1 aromatic carbocycles. The third-order valence-electron chi connectivity index (χ3n) is 2.67. The number of aromatic nitrogens is 2. The highest BCUT2D eigenvalue weighted by atomic mass is 33.1. The first-order valence-electron chi connectivity index (χ1n) is 4.79. The fourth-order valence-electron chi connectivity index (χ4n) is 1.59. The van der Waals surface area contributed by atoms with Gasteiger partial charge in [-0.1, -0.05) is 16.9 Å². The molecule has 2 rings (SSSR count). The first kappa shape index (κ1) is 10.9. The SMILES string of the molecule is Cn1ncc2cc(C(C)(C)SS)ccc21. The van der Waals surface area contributed by atoms with E-state index in [0.717, 1.165) is 0 Å². The Labute approximate surface area is 98.9 Å². The van der Waals surface area contributed by atoms with Crippen molar-refractivity contribution in [3.8, 4) is 0 Å². The average molecular weight is 238 g/mol. The molecule has 15 heavy (non-hydrogen) atoms. The molecule has 0 saturated heterocycles. The van der Waals surface area contributed by atoms with E-state index in [-0.39, 0.29) is 4.75 Å². The summed E-state index contributed by atoms with van der Waals surface area (Å²) in [6.45, 7) is 4.34. The lowest BCUT2D eigenvalue weighted by molar-refractivity contribution is 0.787. The molecule has 0 spiro atoms. The van der Waals surface area contributed by atoms with Crippen LogP contribution in [0.1, 0.15) is 19.4 Å². The zero-order valence-electron chi connectivity index (χ0n) is 9.06. The van der Waals surface area contributed by atoms with Crippen molar-refractivity contribution in [2.45, 2.75) is 18.6 Å². The summed E-state index contributed by atoms with van der Waals surface area (Å²) in [6, 6.07) is 6.45. The Bertz CT molecular complexity index is 488. The zero-order chi connectivity index (χ0) is 11.1. The van der Waals surface area contributed by atoms with Crippen molar-refractivity contribution in [1.29, 1.82) is 0 Å². The van der Waals surface area contributed by atoms with Gasteiger partial charge in [0.1, 0.15) is 0 Å². The molecule has 1 heterocycles. The van der Waals surface area contributed by atoms with Gasteiger partial charge in [-0.15, -0.1) is 11.7 Å². The number of fused-ring (bicyclic) bond motifs is 1. The second-order valence-electron chi connectivity index (χ2n) is 4.14. The molecule has 0 aliphatic carbocycles. The molecule has 0 radical (unpaired) electrons. The smallest absolute Gasteiger partial charge is 0.0679 e. The lowest BCUT2D eigenvalue weighted by atomic mass is 10.0. The number of benzene rings is 1. The first-order valence-corrected chi connectivity index (χ1v) is 6.66. The maximum Gasteiger partial charge on any atom is 0.0679 e. The molecular formula is C11H14N2S2. The van der Waals surface area contributed by atoms with Gasteiger partial charge in [0.2, 0.25) is 0 Å². The number of hydrogen-bond acceptors (Lipinski definition) is 3. The fraction of sp³-hybridized carbons (Fsp3) is 0.364. The molecule has 0 unspecified atom stereocenters. The molecule has 0 N–H and O–H groups in total. The minimum absolute atomic E-state index is 0.0349. The van der Waals surface area contributed by atoms with Crippen LogP contribution in [0.3, 0.4) is 0 Å². The zero-order valence-corrected chi connectivity index (χ0v) is 10.8. The number of hydrogen-bond donors (Lipinski definition) is 1. The summed E-state index contributed by atoms with van der Waals surface area (Å²) in [6.07, 6.45) is 1.90. The Balaban J connectivity index is 2.57. The van der Waals surface area contributed by atoms with Crippen molar-refractivity contribution in [2.75, 3.05) is 0 Å². The Morgan fingerprint density at radius 1 is 1.40 bits per heavy atom.